The van der Waals surface area contributed by atoms with Gasteiger partial charge in [-0.3, -0.25) is 0 Å². The van der Waals surface area contributed by atoms with E-state index in [1.54, 1.807) is 13.0 Å². The van der Waals surface area contributed by atoms with Crippen molar-refractivity contribution in [3.63, 3.8) is 0 Å². The van der Waals surface area contributed by atoms with Crippen molar-refractivity contribution in [1.82, 2.24) is 0 Å². The fraction of sp³-hybridized carbons (Fsp3) is 0.900. The van der Waals surface area contributed by atoms with Crippen molar-refractivity contribution in [2.45, 2.75) is 51.2 Å². The largest absolute Gasteiger partial charge is 0.244 e. The van der Waals surface area contributed by atoms with E-state index in [2.05, 4.69) is 18.8 Å². The first-order valence-electron chi connectivity index (χ1n) is 4.67. The van der Waals surface area contributed by atoms with Crippen molar-refractivity contribution >= 4 is 6.08 Å². The lowest BCUT2D eigenvalue weighted by Crippen LogP contribution is -2.51. The van der Waals surface area contributed by atoms with Crippen LogP contribution in [-0.4, -0.2) is 17.3 Å². The van der Waals surface area contributed by atoms with Gasteiger partial charge in [0.05, 0.1) is 5.54 Å². The minimum absolute atomic E-state index is 0.368. The average Bonchev–Trinajstić information content (AvgIpc) is 1.80. The van der Waals surface area contributed by atoms with Crippen LogP contribution in [0.1, 0.15) is 40.0 Å². The summed E-state index contributed by atoms with van der Waals surface area (Å²) in [6.07, 6.45) is 3.08. The highest BCUT2D eigenvalue weighted by Crippen LogP contribution is 2.49. The van der Waals surface area contributed by atoms with Crippen molar-refractivity contribution in [3.8, 4) is 0 Å². The van der Waals surface area contributed by atoms with Crippen molar-refractivity contribution in [2.75, 3.05) is 0 Å². The second-order valence-corrected chi connectivity index (χ2v) is 4.79. The van der Waals surface area contributed by atoms with Gasteiger partial charge in [-0.2, -0.15) is 4.99 Å². The third kappa shape index (κ3) is 2.38. The van der Waals surface area contributed by atoms with Crippen LogP contribution in [0.25, 0.3) is 0 Å². The molecule has 0 aromatic carbocycles. The number of nitrogens with zero attached hydrogens (tertiary/aromatic N) is 1. The van der Waals surface area contributed by atoms with Crippen molar-refractivity contribution in [1.29, 1.82) is 0 Å². The lowest BCUT2D eigenvalue weighted by Gasteiger charge is -2.47. The molecule has 0 atom stereocenters. The number of isocyanates is 1. The highest BCUT2D eigenvalue weighted by Gasteiger charge is 2.53. The zero-order valence-corrected chi connectivity index (χ0v) is 8.43. The van der Waals surface area contributed by atoms with Crippen LogP contribution >= 0.6 is 0 Å². The van der Waals surface area contributed by atoms with Gasteiger partial charge in [-0.25, -0.2) is 9.18 Å². The van der Waals surface area contributed by atoms with Crippen LogP contribution in [0.2, 0.25) is 0 Å². The summed E-state index contributed by atoms with van der Waals surface area (Å²) >= 11 is 0. The molecule has 0 aromatic rings. The molecule has 1 saturated carbocycles. The van der Waals surface area contributed by atoms with Gasteiger partial charge in [-0.15, -0.1) is 0 Å². The lowest BCUT2D eigenvalue weighted by atomic mass is 9.64. The first kappa shape index (κ1) is 10.4. The van der Waals surface area contributed by atoms with Gasteiger partial charge in [0.15, 0.2) is 0 Å². The number of halogens is 1. The molecular formula is C10H16FNO. The Balaban J connectivity index is 2.65. The Kier molecular flexibility index (Phi) is 2.58. The maximum atomic E-state index is 13.3. The number of rotatable bonds is 3. The van der Waals surface area contributed by atoms with E-state index in [4.69, 9.17) is 0 Å². The molecule has 0 heterocycles. The summed E-state index contributed by atoms with van der Waals surface area (Å²) in [5, 5.41) is 0. The molecule has 0 saturated heterocycles. The van der Waals surface area contributed by atoms with Gasteiger partial charge < -0.3 is 0 Å². The zero-order chi connectivity index (χ0) is 10.1. The Hall–Kier alpha value is -0.690. The fourth-order valence-electron chi connectivity index (χ4n) is 2.45. The molecule has 0 amide bonds. The minimum Gasteiger partial charge on any atom is -0.244 e. The maximum Gasteiger partial charge on any atom is 0.235 e. The Morgan fingerprint density at radius 1 is 1.54 bits per heavy atom. The van der Waals surface area contributed by atoms with Gasteiger partial charge in [-0.1, -0.05) is 13.8 Å². The number of hydrogen-bond donors (Lipinski definition) is 0. The summed E-state index contributed by atoms with van der Waals surface area (Å²) in [6.45, 7) is 5.66. The molecule has 1 rings (SSSR count). The number of aliphatic imine (C=N–C) groups is 1. The van der Waals surface area contributed by atoms with E-state index < -0.39 is 11.2 Å². The van der Waals surface area contributed by atoms with Crippen LogP contribution in [-0.2, 0) is 4.79 Å². The SMILES string of the molecule is CC(C)CC1(N=C=O)CC(C)(F)C1. The normalized spacial score (nSPS) is 38.2. The van der Waals surface area contributed by atoms with Gasteiger partial charge in [-0.05, 0) is 19.3 Å². The molecule has 0 N–H and O–H groups in total. The lowest BCUT2D eigenvalue weighted by molar-refractivity contribution is -0.00484. The molecule has 74 valence electrons. The molecule has 0 bridgehead atoms. The Morgan fingerprint density at radius 2 is 2.08 bits per heavy atom. The van der Waals surface area contributed by atoms with Crippen LogP contribution in [0, 0.1) is 5.92 Å². The summed E-state index contributed by atoms with van der Waals surface area (Å²) in [7, 11) is 0. The van der Waals surface area contributed by atoms with E-state index in [0.717, 1.165) is 6.42 Å². The molecule has 0 aliphatic heterocycles. The second-order valence-electron chi connectivity index (χ2n) is 4.79. The minimum atomic E-state index is -1.13. The predicted octanol–water partition coefficient (Wildman–Crippen LogP) is 2.63. The van der Waals surface area contributed by atoms with Gasteiger partial charge >= 0.3 is 0 Å². The van der Waals surface area contributed by atoms with E-state index >= 15 is 0 Å². The molecular weight excluding hydrogens is 169 g/mol. The summed E-state index contributed by atoms with van der Waals surface area (Å²) in [5.74, 6) is 0.438. The van der Waals surface area contributed by atoms with E-state index in [0.29, 0.717) is 18.8 Å². The molecule has 0 aromatic heterocycles. The first-order valence-corrected chi connectivity index (χ1v) is 4.67. The molecule has 1 aliphatic carbocycles. The average molecular weight is 185 g/mol. The Labute approximate surface area is 78.2 Å². The molecule has 2 nitrogen and oxygen atoms in total. The van der Waals surface area contributed by atoms with Crippen LogP contribution < -0.4 is 0 Å². The van der Waals surface area contributed by atoms with Crippen LogP contribution in [0.5, 0.6) is 0 Å². The molecule has 1 fully saturated rings. The van der Waals surface area contributed by atoms with E-state index in [1.807, 2.05) is 0 Å². The van der Waals surface area contributed by atoms with E-state index in [1.165, 1.54) is 0 Å². The third-order valence-corrected chi connectivity index (χ3v) is 2.47. The van der Waals surface area contributed by atoms with Crippen LogP contribution in [0.4, 0.5) is 4.39 Å². The molecule has 0 radical (unpaired) electrons. The summed E-state index contributed by atoms with van der Waals surface area (Å²) in [4.78, 5) is 13.9. The zero-order valence-electron chi connectivity index (χ0n) is 8.43. The van der Waals surface area contributed by atoms with Gasteiger partial charge in [0.1, 0.15) is 5.67 Å². The summed E-state index contributed by atoms with van der Waals surface area (Å²) < 4.78 is 13.3. The highest BCUT2D eigenvalue weighted by atomic mass is 19.1. The Morgan fingerprint density at radius 3 is 2.38 bits per heavy atom. The third-order valence-electron chi connectivity index (χ3n) is 2.47. The first-order chi connectivity index (χ1) is 5.89. The van der Waals surface area contributed by atoms with Crippen molar-refractivity contribution in [3.05, 3.63) is 0 Å². The predicted molar refractivity (Wildman–Crippen MR) is 49.1 cm³/mol. The fourth-order valence-corrected chi connectivity index (χ4v) is 2.45. The molecule has 13 heavy (non-hydrogen) atoms. The second kappa shape index (κ2) is 3.22. The molecule has 0 unspecified atom stereocenters. The number of alkyl halides is 1. The maximum absolute atomic E-state index is 13.3. The molecule has 1 aliphatic rings. The Bertz CT molecular complexity index is 228. The smallest absolute Gasteiger partial charge is 0.235 e. The summed E-state index contributed by atoms with van der Waals surface area (Å²) in [6, 6.07) is 0. The molecule has 0 spiro atoms. The standard InChI is InChI=1S/C10H16FNO/c1-8(2)4-10(12-7-13)5-9(3,11)6-10/h8H,4-6H2,1-3H3. The quantitative estimate of drug-likeness (QED) is 0.491. The van der Waals surface area contributed by atoms with Crippen molar-refractivity contribution in [2.24, 2.45) is 10.9 Å². The van der Waals surface area contributed by atoms with Gasteiger partial charge in [0.2, 0.25) is 6.08 Å². The number of hydrogen-bond acceptors (Lipinski definition) is 2. The van der Waals surface area contributed by atoms with Crippen LogP contribution in [0.15, 0.2) is 4.99 Å². The number of carbonyl (C=O) groups excluding carboxylic acids is 1. The van der Waals surface area contributed by atoms with E-state index in [-0.39, 0.29) is 0 Å². The summed E-state index contributed by atoms with van der Waals surface area (Å²) in [5.41, 5.74) is -1.57. The van der Waals surface area contributed by atoms with Gasteiger partial charge in [0.25, 0.3) is 0 Å². The topological polar surface area (TPSA) is 29.4 Å². The molecule has 3 heteroatoms. The van der Waals surface area contributed by atoms with Gasteiger partial charge in [0, 0.05) is 12.8 Å². The van der Waals surface area contributed by atoms with E-state index in [9.17, 15) is 9.18 Å². The highest BCUT2D eigenvalue weighted by molar-refractivity contribution is 5.36. The van der Waals surface area contributed by atoms with Crippen LogP contribution in [0.3, 0.4) is 0 Å². The monoisotopic (exact) mass is 185 g/mol. The van der Waals surface area contributed by atoms with Crippen molar-refractivity contribution < 1.29 is 9.18 Å².